The summed E-state index contributed by atoms with van der Waals surface area (Å²) in [6.07, 6.45) is 0.486. The van der Waals surface area contributed by atoms with Gasteiger partial charge < -0.3 is 10.7 Å². The first kappa shape index (κ1) is 14.8. The zero-order chi connectivity index (χ0) is 14.8. The Labute approximate surface area is 115 Å². The molecule has 0 bridgehead atoms. The summed E-state index contributed by atoms with van der Waals surface area (Å²) < 4.78 is 38.2. The number of nitrogen functional groups attached to an aromatic ring is 1. The quantitative estimate of drug-likeness (QED) is 0.589. The Balaban J connectivity index is 2.26. The molecule has 0 unspecified atom stereocenters. The maximum Gasteiger partial charge on any atom is 0.451 e. The van der Waals surface area contributed by atoms with Crippen LogP contribution in [-0.2, 0) is 6.18 Å². The number of alkyl halides is 3. The summed E-state index contributed by atoms with van der Waals surface area (Å²) in [6, 6.07) is 1.38. The highest BCUT2D eigenvalue weighted by molar-refractivity contribution is 5.48. The molecule has 20 heavy (non-hydrogen) atoms. The molecule has 0 saturated heterocycles. The second-order valence-electron chi connectivity index (χ2n) is 5.35. The van der Waals surface area contributed by atoms with Crippen molar-refractivity contribution in [2.75, 3.05) is 10.7 Å². The summed E-state index contributed by atoms with van der Waals surface area (Å²) in [5.41, 5.74) is 1.90. The number of hydrogen-bond acceptors (Lipinski definition) is 5. The molecule has 0 radical (unpaired) electrons. The largest absolute Gasteiger partial charge is 0.451 e. The second-order valence-corrected chi connectivity index (χ2v) is 5.35. The molecule has 1 aliphatic carbocycles. The number of halogens is 3. The Morgan fingerprint density at radius 2 is 1.75 bits per heavy atom. The van der Waals surface area contributed by atoms with Crippen LogP contribution in [0.15, 0.2) is 6.07 Å². The Bertz CT molecular complexity index is 469. The average Bonchev–Trinajstić information content (AvgIpc) is 2.37. The van der Waals surface area contributed by atoms with Gasteiger partial charge >= 0.3 is 6.18 Å². The number of aromatic nitrogens is 2. The zero-order valence-corrected chi connectivity index (χ0v) is 11.2. The van der Waals surface area contributed by atoms with E-state index in [0.29, 0.717) is 0 Å². The van der Waals surface area contributed by atoms with E-state index in [0.717, 1.165) is 32.1 Å². The summed E-state index contributed by atoms with van der Waals surface area (Å²) in [7, 11) is 0. The summed E-state index contributed by atoms with van der Waals surface area (Å²) in [6.45, 7) is 2.00. The SMILES string of the molecule is CC1(Nc2cc(NN)nc(C(F)(F)F)n2)CCCCC1. The molecule has 0 aliphatic heterocycles. The van der Waals surface area contributed by atoms with Crippen LogP contribution in [-0.4, -0.2) is 15.5 Å². The lowest BCUT2D eigenvalue weighted by molar-refractivity contribution is -0.144. The van der Waals surface area contributed by atoms with E-state index >= 15 is 0 Å². The summed E-state index contributed by atoms with van der Waals surface area (Å²) in [4.78, 5) is 6.88. The van der Waals surface area contributed by atoms with Crippen LogP contribution in [0.2, 0.25) is 0 Å². The van der Waals surface area contributed by atoms with Crippen LogP contribution in [0, 0.1) is 0 Å². The van der Waals surface area contributed by atoms with Gasteiger partial charge in [0.05, 0.1) is 0 Å². The van der Waals surface area contributed by atoms with Gasteiger partial charge in [-0.05, 0) is 19.8 Å². The van der Waals surface area contributed by atoms with Crippen molar-refractivity contribution in [1.29, 1.82) is 0 Å². The molecule has 1 fully saturated rings. The molecule has 2 rings (SSSR count). The number of rotatable bonds is 3. The lowest BCUT2D eigenvalue weighted by atomic mass is 9.83. The molecule has 0 aromatic carbocycles. The van der Waals surface area contributed by atoms with Gasteiger partial charge in [-0.25, -0.2) is 15.8 Å². The smallest absolute Gasteiger partial charge is 0.365 e. The van der Waals surface area contributed by atoms with Crippen LogP contribution in [0.1, 0.15) is 44.9 Å². The molecular formula is C12H18F3N5. The van der Waals surface area contributed by atoms with E-state index in [1.54, 1.807) is 0 Å². The van der Waals surface area contributed by atoms with E-state index < -0.39 is 12.0 Å². The second kappa shape index (κ2) is 5.43. The predicted octanol–water partition coefficient (Wildman–Crippen LogP) is 2.92. The van der Waals surface area contributed by atoms with Crippen LogP contribution in [0.3, 0.4) is 0 Å². The van der Waals surface area contributed by atoms with E-state index in [1.165, 1.54) is 6.07 Å². The topological polar surface area (TPSA) is 75.9 Å². The maximum atomic E-state index is 12.7. The number of anilines is 2. The lowest BCUT2D eigenvalue weighted by Gasteiger charge is -2.35. The first-order valence-corrected chi connectivity index (χ1v) is 6.53. The van der Waals surface area contributed by atoms with Crippen LogP contribution >= 0.6 is 0 Å². The summed E-state index contributed by atoms with van der Waals surface area (Å²) in [5, 5.41) is 3.10. The van der Waals surface area contributed by atoms with Gasteiger partial charge in [0.25, 0.3) is 0 Å². The molecule has 112 valence electrons. The van der Waals surface area contributed by atoms with Crippen LogP contribution in [0.25, 0.3) is 0 Å². The van der Waals surface area contributed by atoms with E-state index in [-0.39, 0.29) is 17.2 Å². The van der Waals surface area contributed by atoms with Crippen molar-refractivity contribution in [1.82, 2.24) is 9.97 Å². The van der Waals surface area contributed by atoms with Gasteiger partial charge in [-0.2, -0.15) is 13.2 Å². The highest BCUT2D eigenvalue weighted by Gasteiger charge is 2.36. The number of hydrazine groups is 1. The third kappa shape index (κ3) is 3.50. The van der Waals surface area contributed by atoms with Gasteiger partial charge in [0.15, 0.2) is 0 Å². The molecule has 0 spiro atoms. The minimum absolute atomic E-state index is 0.0609. The summed E-state index contributed by atoms with van der Waals surface area (Å²) in [5.74, 6) is 4.04. The fourth-order valence-electron chi connectivity index (χ4n) is 2.48. The number of nitrogens with one attached hydrogen (secondary N) is 2. The monoisotopic (exact) mass is 289 g/mol. The van der Waals surface area contributed by atoms with Gasteiger partial charge in [0, 0.05) is 11.6 Å². The van der Waals surface area contributed by atoms with Gasteiger partial charge in [-0.3, -0.25) is 0 Å². The molecule has 0 atom stereocenters. The standard InChI is InChI=1S/C12H18F3N5/c1-11(5-3-2-4-6-11)19-8-7-9(20-16)18-10(17-8)12(13,14)15/h7H,2-6,16H2,1H3,(H2,17,18,19,20). The predicted molar refractivity (Wildman–Crippen MR) is 70.0 cm³/mol. The van der Waals surface area contributed by atoms with Gasteiger partial charge in [0.1, 0.15) is 11.6 Å². The van der Waals surface area contributed by atoms with Crippen molar-refractivity contribution in [3.8, 4) is 0 Å². The van der Waals surface area contributed by atoms with Gasteiger partial charge in [-0.15, -0.1) is 0 Å². The molecule has 4 N–H and O–H groups in total. The van der Waals surface area contributed by atoms with Gasteiger partial charge in [-0.1, -0.05) is 19.3 Å². The Morgan fingerprint density at radius 3 is 2.30 bits per heavy atom. The highest BCUT2D eigenvalue weighted by Crippen LogP contribution is 2.33. The molecule has 1 aliphatic rings. The average molecular weight is 289 g/mol. The Morgan fingerprint density at radius 1 is 1.15 bits per heavy atom. The minimum atomic E-state index is -4.60. The lowest BCUT2D eigenvalue weighted by Crippen LogP contribution is -2.37. The van der Waals surface area contributed by atoms with E-state index in [2.05, 4.69) is 20.7 Å². The summed E-state index contributed by atoms with van der Waals surface area (Å²) >= 11 is 0. The third-order valence-corrected chi connectivity index (χ3v) is 3.51. The number of nitrogens with zero attached hydrogens (tertiary/aromatic N) is 2. The molecule has 1 saturated carbocycles. The van der Waals surface area contributed by atoms with Crippen molar-refractivity contribution in [2.45, 2.75) is 50.7 Å². The molecule has 5 nitrogen and oxygen atoms in total. The van der Waals surface area contributed by atoms with Crippen molar-refractivity contribution in [3.05, 3.63) is 11.9 Å². The van der Waals surface area contributed by atoms with Crippen molar-refractivity contribution >= 4 is 11.6 Å². The molecule has 1 aromatic rings. The van der Waals surface area contributed by atoms with Crippen molar-refractivity contribution in [3.63, 3.8) is 0 Å². The molecule has 1 heterocycles. The zero-order valence-electron chi connectivity index (χ0n) is 11.2. The van der Waals surface area contributed by atoms with Gasteiger partial charge in [0.2, 0.25) is 5.82 Å². The van der Waals surface area contributed by atoms with Crippen molar-refractivity contribution in [2.24, 2.45) is 5.84 Å². The van der Waals surface area contributed by atoms with E-state index in [4.69, 9.17) is 5.84 Å². The first-order valence-electron chi connectivity index (χ1n) is 6.53. The Kier molecular flexibility index (Phi) is 4.03. The first-order chi connectivity index (χ1) is 9.32. The number of nitrogens with two attached hydrogens (primary N) is 1. The van der Waals surface area contributed by atoms with Crippen LogP contribution in [0.4, 0.5) is 24.8 Å². The molecule has 0 amide bonds. The van der Waals surface area contributed by atoms with Crippen LogP contribution < -0.4 is 16.6 Å². The van der Waals surface area contributed by atoms with E-state index in [9.17, 15) is 13.2 Å². The normalized spacial score (nSPS) is 18.6. The third-order valence-electron chi connectivity index (χ3n) is 3.51. The maximum absolute atomic E-state index is 12.7. The molecular weight excluding hydrogens is 271 g/mol. The number of hydrogen-bond donors (Lipinski definition) is 3. The van der Waals surface area contributed by atoms with E-state index in [1.807, 2.05) is 6.92 Å². The molecule has 8 heteroatoms. The van der Waals surface area contributed by atoms with Crippen molar-refractivity contribution < 1.29 is 13.2 Å². The molecule has 1 aromatic heterocycles. The fourth-order valence-corrected chi connectivity index (χ4v) is 2.48. The minimum Gasteiger partial charge on any atom is -0.365 e. The van der Waals surface area contributed by atoms with Crippen LogP contribution in [0.5, 0.6) is 0 Å². The highest BCUT2D eigenvalue weighted by atomic mass is 19.4. The fraction of sp³-hybridized carbons (Fsp3) is 0.667. The Hall–Kier alpha value is -1.57.